The highest BCUT2D eigenvalue weighted by molar-refractivity contribution is 5.96. The molecule has 1 aromatic carbocycles. The van der Waals surface area contributed by atoms with Crippen LogP contribution in [0.3, 0.4) is 0 Å². The van der Waals surface area contributed by atoms with Crippen LogP contribution < -0.4 is 4.74 Å². The second-order valence-corrected chi connectivity index (χ2v) is 4.48. The molecule has 0 aromatic heterocycles. The van der Waals surface area contributed by atoms with Gasteiger partial charge in [0.15, 0.2) is 5.78 Å². The molecule has 19 heavy (non-hydrogen) atoms. The Hall–Kier alpha value is -1.64. The van der Waals surface area contributed by atoms with Gasteiger partial charge in [0, 0.05) is 18.4 Å². The van der Waals surface area contributed by atoms with Crippen LogP contribution in [0, 0.1) is 13.8 Å². The zero-order valence-corrected chi connectivity index (χ0v) is 11.3. The van der Waals surface area contributed by atoms with E-state index in [2.05, 4.69) is 0 Å². The van der Waals surface area contributed by atoms with Crippen molar-refractivity contribution in [3.8, 4) is 5.75 Å². The van der Waals surface area contributed by atoms with Crippen molar-refractivity contribution in [3.63, 3.8) is 0 Å². The fourth-order valence-corrected chi connectivity index (χ4v) is 2.09. The van der Waals surface area contributed by atoms with Gasteiger partial charge in [-0.3, -0.25) is 4.79 Å². The van der Waals surface area contributed by atoms with Crippen LogP contribution in [0.4, 0.5) is 0 Å². The molecule has 0 bridgehead atoms. The van der Waals surface area contributed by atoms with Gasteiger partial charge < -0.3 is 9.53 Å². The number of Topliss-reactive ketones (excluding diaryl/α,β-unsaturated/α-hetero) is 1. The molecule has 1 aromatic rings. The Morgan fingerprint density at radius 2 is 1.79 bits per heavy atom. The van der Waals surface area contributed by atoms with E-state index in [1.807, 2.05) is 26.0 Å². The van der Waals surface area contributed by atoms with Gasteiger partial charge >= 0.3 is 0 Å². The quantitative estimate of drug-likeness (QED) is 0.426. The molecule has 0 heterocycles. The Labute approximate surface area is 116 Å². The average molecular weight is 264 g/mol. The maximum Gasteiger partial charge on any atom is 0.162 e. The largest absolute Gasteiger partial charge is 0.496 e. The van der Waals surface area contributed by atoms with Gasteiger partial charge in [-0.15, -0.1) is 0 Å². The molecule has 0 aliphatic heterocycles. The van der Waals surface area contributed by atoms with Gasteiger partial charge in [-0.1, -0.05) is 7.43 Å². The molecule has 0 unspecified atom stereocenters. The third kappa shape index (κ3) is 4.86. The third-order valence-corrected chi connectivity index (χ3v) is 2.96. The summed E-state index contributed by atoms with van der Waals surface area (Å²) in [5.74, 6) is 0.974. The fraction of sp³-hybridized carbons (Fsp3) is 0.500. The lowest BCUT2D eigenvalue weighted by Crippen LogP contribution is -2.02. The Balaban J connectivity index is 0.00000324. The number of aryl methyl sites for hydroxylation is 2. The van der Waals surface area contributed by atoms with Gasteiger partial charge in [-0.05, 0) is 49.9 Å². The zero-order valence-electron chi connectivity index (χ0n) is 11.3. The summed E-state index contributed by atoms with van der Waals surface area (Å²) in [6.45, 7) is 3.88. The molecule has 0 aliphatic rings. The van der Waals surface area contributed by atoms with Crippen LogP contribution >= 0.6 is 0 Å². The van der Waals surface area contributed by atoms with Crippen LogP contribution in [-0.4, -0.2) is 19.2 Å². The molecule has 0 fully saturated rings. The smallest absolute Gasteiger partial charge is 0.162 e. The molecule has 0 aliphatic carbocycles. The summed E-state index contributed by atoms with van der Waals surface area (Å²) in [5.41, 5.74) is 2.69. The van der Waals surface area contributed by atoms with Crippen LogP contribution in [0.5, 0.6) is 5.75 Å². The number of benzene rings is 1. The number of carbonyl (C=O) groups is 2. The predicted molar refractivity (Wildman–Crippen MR) is 78.1 cm³/mol. The minimum absolute atomic E-state index is 0. The van der Waals surface area contributed by atoms with Crippen LogP contribution in [0.15, 0.2) is 12.1 Å². The van der Waals surface area contributed by atoms with Crippen molar-refractivity contribution in [3.05, 3.63) is 28.8 Å². The maximum atomic E-state index is 12.0. The Morgan fingerprint density at radius 1 is 1.21 bits per heavy atom. The molecule has 1 rings (SSSR count). The van der Waals surface area contributed by atoms with Gasteiger partial charge in [0.25, 0.3) is 0 Å². The third-order valence-electron chi connectivity index (χ3n) is 2.96. The Morgan fingerprint density at radius 3 is 2.26 bits per heavy atom. The van der Waals surface area contributed by atoms with E-state index in [0.717, 1.165) is 41.6 Å². The molecular formula is C16H24O3. The molecular weight excluding hydrogens is 240 g/mol. The van der Waals surface area contributed by atoms with E-state index in [0.29, 0.717) is 12.8 Å². The highest BCUT2D eigenvalue weighted by atomic mass is 16.5. The number of hydrogen-bond acceptors (Lipinski definition) is 3. The van der Waals surface area contributed by atoms with E-state index in [1.54, 1.807) is 7.11 Å². The summed E-state index contributed by atoms with van der Waals surface area (Å²) in [7, 11) is 1.64. The van der Waals surface area contributed by atoms with Gasteiger partial charge in [-0.25, -0.2) is 0 Å². The van der Waals surface area contributed by atoms with Crippen LogP contribution in [-0.2, 0) is 4.79 Å². The predicted octanol–water partition coefficient (Wildman–Crippen LogP) is 3.89. The van der Waals surface area contributed by atoms with Crippen molar-refractivity contribution in [1.29, 1.82) is 0 Å². The number of ether oxygens (including phenoxy) is 1. The van der Waals surface area contributed by atoms with Gasteiger partial charge in [-0.2, -0.15) is 0 Å². The van der Waals surface area contributed by atoms with E-state index >= 15 is 0 Å². The van der Waals surface area contributed by atoms with Crippen molar-refractivity contribution in [2.75, 3.05) is 7.11 Å². The van der Waals surface area contributed by atoms with Crippen LogP contribution in [0.1, 0.15) is 54.6 Å². The Bertz CT molecular complexity index is 413. The van der Waals surface area contributed by atoms with E-state index in [9.17, 15) is 9.59 Å². The average Bonchev–Trinajstić information content (AvgIpc) is 2.34. The molecule has 3 nitrogen and oxygen atoms in total. The van der Waals surface area contributed by atoms with Gasteiger partial charge in [0.2, 0.25) is 0 Å². The summed E-state index contributed by atoms with van der Waals surface area (Å²) in [6, 6.07) is 3.74. The lowest BCUT2D eigenvalue weighted by Gasteiger charge is -2.10. The standard InChI is InChI=1S/C15H20O3.CH4/c1-11-9-13(10-12(2)15(11)18-3)14(17)7-5-4-6-8-16;/h8-10H,4-7H2,1-3H3;1H4. The van der Waals surface area contributed by atoms with Crippen molar-refractivity contribution in [2.45, 2.75) is 47.0 Å². The highest BCUT2D eigenvalue weighted by Gasteiger charge is 2.10. The second-order valence-electron chi connectivity index (χ2n) is 4.48. The molecule has 0 radical (unpaired) electrons. The minimum Gasteiger partial charge on any atom is -0.496 e. The number of ketones is 1. The van der Waals surface area contributed by atoms with Gasteiger partial charge in [0.1, 0.15) is 12.0 Å². The van der Waals surface area contributed by atoms with E-state index in [1.165, 1.54) is 0 Å². The summed E-state index contributed by atoms with van der Waals surface area (Å²) in [4.78, 5) is 22.2. The molecule has 0 N–H and O–H groups in total. The van der Waals surface area contributed by atoms with Crippen LogP contribution in [0.25, 0.3) is 0 Å². The van der Waals surface area contributed by atoms with Crippen molar-refractivity contribution in [1.82, 2.24) is 0 Å². The van der Waals surface area contributed by atoms with Crippen LogP contribution in [0.2, 0.25) is 0 Å². The molecule has 0 saturated carbocycles. The molecule has 0 saturated heterocycles. The molecule has 0 atom stereocenters. The van der Waals surface area contributed by atoms with Crippen molar-refractivity contribution < 1.29 is 14.3 Å². The number of carbonyl (C=O) groups excluding carboxylic acids is 2. The lowest BCUT2D eigenvalue weighted by atomic mass is 9.99. The molecule has 3 heteroatoms. The first-order valence-electron chi connectivity index (χ1n) is 6.22. The van der Waals surface area contributed by atoms with E-state index in [4.69, 9.17) is 4.74 Å². The molecule has 106 valence electrons. The highest BCUT2D eigenvalue weighted by Crippen LogP contribution is 2.25. The zero-order chi connectivity index (χ0) is 13.5. The molecule has 0 amide bonds. The second kappa shape index (κ2) is 8.46. The Kier molecular flexibility index (Phi) is 7.73. The summed E-state index contributed by atoms with van der Waals surface area (Å²) in [6.07, 6.45) is 3.48. The van der Waals surface area contributed by atoms with Gasteiger partial charge in [0.05, 0.1) is 7.11 Å². The first kappa shape index (κ1) is 17.4. The SMILES string of the molecule is C.COc1c(C)cc(C(=O)CCCCC=O)cc1C. The summed E-state index contributed by atoms with van der Waals surface area (Å²) < 4.78 is 5.27. The number of hydrogen-bond donors (Lipinski definition) is 0. The number of aldehydes is 1. The van der Waals surface area contributed by atoms with Crippen molar-refractivity contribution >= 4 is 12.1 Å². The van der Waals surface area contributed by atoms with Crippen molar-refractivity contribution in [2.24, 2.45) is 0 Å². The molecule has 0 spiro atoms. The topological polar surface area (TPSA) is 43.4 Å². The van der Waals surface area contributed by atoms with E-state index < -0.39 is 0 Å². The lowest BCUT2D eigenvalue weighted by molar-refractivity contribution is -0.107. The summed E-state index contributed by atoms with van der Waals surface area (Å²) in [5, 5.41) is 0. The van der Waals surface area contributed by atoms with E-state index in [-0.39, 0.29) is 13.2 Å². The number of rotatable bonds is 7. The summed E-state index contributed by atoms with van der Waals surface area (Å²) >= 11 is 0. The number of unbranched alkanes of at least 4 members (excludes halogenated alkanes) is 2. The minimum atomic E-state index is 0. The fourth-order valence-electron chi connectivity index (χ4n) is 2.09. The first-order chi connectivity index (χ1) is 8.60. The normalized spacial score (nSPS) is 9.63. The maximum absolute atomic E-state index is 12.0. The monoisotopic (exact) mass is 264 g/mol. The number of methoxy groups -OCH3 is 1. The first-order valence-corrected chi connectivity index (χ1v) is 6.22.